The van der Waals surface area contributed by atoms with Crippen LogP contribution in [0.2, 0.25) is 0 Å². The third kappa shape index (κ3) is 59.8. The third-order valence-corrected chi connectivity index (χ3v) is 15.5. The van der Waals surface area contributed by atoms with Crippen molar-refractivity contribution in [2.24, 2.45) is 0 Å². The van der Waals surface area contributed by atoms with Gasteiger partial charge in [-0.05, 0) is 109 Å². The topological polar surface area (TPSA) is 111 Å². The number of carbonyl (C=O) groups excluding carboxylic acids is 2. The number of allylic oxidation sites excluding steroid dienone is 13. The van der Waals surface area contributed by atoms with Gasteiger partial charge in [-0.25, -0.2) is 4.57 Å². The van der Waals surface area contributed by atoms with Gasteiger partial charge < -0.3 is 19.4 Å². The highest BCUT2D eigenvalue weighted by Gasteiger charge is 2.30. The fourth-order valence-corrected chi connectivity index (χ4v) is 10.1. The van der Waals surface area contributed by atoms with Gasteiger partial charge in [0.25, 0.3) is 0 Å². The van der Waals surface area contributed by atoms with Gasteiger partial charge >= 0.3 is 13.8 Å². The Morgan fingerprint density at radius 2 is 0.762 bits per heavy atom. The first kappa shape index (κ1) is 77.2. The number of nitrogens with one attached hydrogen (secondary N) is 1. The van der Waals surface area contributed by atoms with Crippen LogP contribution >= 0.6 is 7.82 Å². The summed E-state index contributed by atoms with van der Waals surface area (Å²) in [7, 11) is 1.48. The summed E-state index contributed by atoms with van der Waals surface area (Å²) in [5, 5.41) is 3.06. The number of unbranched alkanes of at least 4 members (excludes halogenated alkanes) is 32. The number of likely N-dealkylation sites (N-methyl/N-ethyl adjacent to an activating group) is 1. The molecule has 2 N–H and O–H groups in total. The molecule has 3 atom stereocenters. The van der Waals surface area contributed by atoms with Gasteiger partial charge in [0, 0.05) is 12.8 Å². The Hall–Kier alpha value is -2.81. The maximum absolute atomic E-state index is 13.6. The van der Waals surface area contributed by atoms with Gasteiger partial charge in [0.05, 0.1) is 33.8 Å². The molecule has 0 aromatic carbocycles. The molecule has 0 bridgehead atoms. The van der Waals surface area contributed by atoms with E-state index < -0.39 is 20.0 Å². The molecule has 0 saturated heterocycles. The Balaban J connectivity index is 5.16. The number of carbonyl (C=O) groups is 2. The molecule has 0 spiro atoms. The number of esters is 1. The fraction of sp³-hybridized carbons (Fsp3) is 0.771. The molecule has 0 aliphatic carbocycles. The predicted octanol–water partition coefficient (Wildman–Crippen LogP) is 21.0. The molecule has 3 unspecified atom stereocenters. The number of phosphoric acid groups is 1. The number of amides is 1. The van der Waals surface area contributed by atoms with Crippen LogP contribution in [-0.2, 0) is 27.9 Å². The molecule has 9 nitrogen and oxygen atoms in total. The van der Waals surface area contributed by atoms with Gasteiger partial charge in [-0.15, -0.1) is 0 Å². The number of phosphoric ester groups is 1. The second-order valence-electron chi connectivity index (χ2n) is 23.6. The molecule has 0 aromatic heterocycles. The lowest BCUT2D eigenvalue weighted by molar-refractivity contribution is -0.870. The molecule has 0 fully saturated rings. The van der Waals surface area contributed by atoms with Crippen molar-refractivity contribution in [2.75, 3.05) is 40.9 Å². The van der Waals surface area contributed by atoms with E-state index in [4.69, 9.17) is 13.8 Å². The number of rotatable bonds is 60. The van der Waals surface area contributed by atoms with Gasteiger partial charge in [0.1, 0.15) is 19.3 Å². The molecular formula is C70H128N2O7P+. The minimum Gasteiger partial charge on any atom is -0.456 e. The summed E-state index contributed by atoms with van der Waals surface area (Å²) in [6, 6.07) is -0.859. The quantitative estimate of drug-likeness (QED) is 0.0205. The number of nitrogens with zero attached hydrogens (tertiary/aromatic N) is 1. The average Bonchev–Trinajstić information content (AvgIpc) is 3.42. The van der Waals surface area contributed by atoms with Crippen LogP contribution in [0, 0.1) is 0 Å². The molecule has 464 valence electrons. The van der Waals surface area contributed by atoms with Gasteiger partial charge in [0.15, 0.2) is 0 Å². The zero-order chi connectivity index (χ0) is 58.6. The number of quaternary nitrogens is 1. The first-order chi connectivity index (χ1) is 38.9. The van der Waals surface area contributed by atoms with Crippen molar-refractivity contribution < 1.29 is 37.3 Å². The Morgan fingerprint density at radius 1 is 0.438 bits per heavy atom. The van der Waals surface area contributed by atoms with E-state index in [1.807, 2.05) is 33.3 Å². The normalized spacial score (nSPS) is 14.1. The highest BCUT2D eigenvalue weighted by Crippen LogP contribution is 2.43. The maximum atomic E-state index is 13.6. The Kier molecular flexibility index (Phi) is 57.3. The molecule has 80 heavy (non-hydrogen) atoms. The van der Waals surface area contributed by atoms with Crippen molar-refractivity contribution in [3.8, 4) is 0 Å². The summed E-state index contributed by atoms with van der Waals surface area (Å²) in [5.74, 6) is -0.518. The molecule has 10 heteroatoms. The fourth-order valence-electron chi connectivity index (χ4n) is 9.37. The second kappa shape index (κ2) is 59.4. The van der Waals surface area contributed by atoms with Gasteiger partial charge in [-0.1, -0.05) is 260 Å². The largest absolute Gasteiger partial charge is 0.472 e. The van der Waals surface area contributed by atoms with Crippen LogP contribution in [0.3, 0.4) is 0 Å². The first-order valence-corrected chi connectivity index (χ1v) is 34.9. The van der Waals surface area contributed by atoms with Crippen molar-refractivity contribution in [3.63, 3.8) is 0 Å². The zero-order valence-electron chi connectivity index (χ0n) is 53.1. The van der Waals surface area contributed by atoms with E-state index in [0.29, 0.717) is 17.4 Å². The van der Waals surface area contributed by atoms with Crippen LogP contribution in [0.25, 0.3) is 0 Å². The Bertz CT molecular complexity index is 1640. The van der Waals surface area contributed by atoms with E-state index in [-0.39, 0.29) is 31.5 Å². The van der Waals surface area contributed by atoms with Crippen LogP contribution in [0.1, 0.15) is 297 Å². The minimum atomic E-state index is -4.46. The van der Waals surface area contributed by atoms with Crippen molar-refractivity contribution in [2.45, 2.75) is 309 Å². The molecule has 0 radical (unpaired) electrons. The number of ether oxygens (including phenoxy) is 1. The van der Waals surface area contributed by atoms with Gasteiger partial charge in [-0.2, -0.15) is 0 Å². The van der Waals surface area contributed by atoms with E-state index in [0.717, 1.165) is 109 Å². The number of hydrogen-bond acceptors (Lipinski definition) is 6. The standard InChI is InChI=1S/C70H127N2O7P/c1-7-10-13-16-19-22-25-28-30-32-33-34-35-36-37-38-39-41-43-45-48-51-54-57-60-63-70(74)79-68(61-58-55-52-49-46-27-24-21-18-15-12-9-3)67(66-78-80(75,76)77-65-64-72(4,5)6)71-69(73)62-59-56-53-50-47-44-42-40-31-29-26-23-20-17-14-11-8-2/h19-20,22-23,28-31,33-34,36-37,58,61,67-68H,7-18,21,24-27,32,35,38-57,59-60,62-66H2,1-6H3,(H-,71,73,75,76)/p+1/b22-19-,23-20-,30-28-,31-29-,34-33-,37-36-,61-58-. The van der Waals surface area contributed by atoms with Crippen molar-refractivity contribution in [3.05, 3.63) is 85.1 Å². The summed E-state index contributed by atoms with van der Waals surface area (Å²) in [4.78, 5) is 37.8. The lowest BCUT2D eigenvalue weighted by Gasteiger charge is -2.27. The molecule has 1 amide bonds. The van der Waals surface area contributed by atoms with E-state index in [1.54, 1.807) is 0 Å². The highest BCUT2D eigenvalue weighted by atomic mass is 31.2. The smallest absolute Gasteiger partial charge is 0.456 e. The van der Waals surface area contributed by atoms with E-state index >= 15 is 0 Å². The lowest BCUT2D eigenvalue weighted by atomic mass is 10.0. The van der Waals surface area contributed by atoms with Crippen LogP contribution in [0.5, 0.6) is 0 Å². The van der Waals surface area contributed by atoms with Crippen LogP contribution in [-0.4, -0.2) is 74.3 Å². The minimum absolute atomic E-state index is 0.0347. The predicted molar refractivity (Wildman–Crippen MR) is 346 cm³/mol. The molecule has 0 saturated carbocycles. The Morgan fingerprint density at radius 3 is 1.16 bits per heavy atom. The van der Waals surface area contributed by atoms with Crippen LogP contribution in [0.4, 0.5) is 0 Å². The number of hydrogen-bond donors (Lipinski definition) is 2. The summed E-state index contributed by atoms with van der Waals surface area (Å²) >= 11 is 0. The third-order valence-electron chi connectivity index (χ3n) is 14.6. The first-order valence-electron chi connectivity index (χ1n) is 33.4. The highest BCUT2D eigenvalue weighted by molar-refractivity contribution is 7.47. The molecule has 0 aromatic rings. The van der Waals surface area contributed by atoms with Gasteiger partial charge in [-0.3, -0.25) is 18.6 Å². The van der Waals surface area contributed by atoms with E-state index in [1.165, 1.54) is 154 Å². The van der Waals surface area contributed by atoms with Crippen molar-refractivity contribution >= 4 is 19.7 Å². The maximum Gasteiger partial charge on any atom is 0.472 e. The van der Waals surface area contributed by atoms with Crippen molar-refractivity contribution in [1.82, 2.24) is 5.32 Å². The van der Waals surface area contributed by atoms with Crippen LogP contribution < -0.4 is 5.32 Å². The monoisotopic (exact) mass is 1140 g/mol. The summed E-state index contributed by atoms with van der Waals surface area (Å²) < 4.78 is 30.8. The second-order valence-corrected chi connectivity index (χ2v) is 25.1. The van der Waals surface area contributed by atoms with E-state index in [2.05, 4.69) is 99.0 Å². The summed E-state index contributed by atoms with van der Waals surface area (Å²) in [6.07, 6.45) is 78.6. The average molecular weight is 1140 g/mol. The van der Waals surface area contributed by atoms with Crippen molar-refractivity contribution in [1.29, 1.82) is 0 Å². The van der Waals surface area contributed by atoms with Crippen LogP contribution in [0.15, 0.2) is 85.1 Å². The molecule has 0 rings (SSSR count). The SMILES string of the molecule is CCCCC/C=C\C/C=C\C/C=C\C/C=C\CCCCCCCCCCCC(=O)OC(/C=C\CCCCCCCCCCCC)C(COP(=O)(O)OCC[N+](C)(C)C)NC(=O)CCCCCCCCC/C=C\C/C=C\CCCCC. The summed E-state index contributed by atoms with van der Waals surface area (Å²) in [5.41, 5.74) is 0. The van der Waals surface area contributed by atoms with Gasteiger partial charge in [0.2, 0.25) is 5.91 Å². The molecule has 0 heterocycles. The summed E-state index contributed by atoms with van der Waals surface area (Å²) in [6.45, 7) is 6.96. The molecular weight excluding hydrogens is 1010 g/mol. The molecule has 0 aliphatic rings. The lowest BCUT2D eigenvalue weighted by Crippen LogP contribution is -2.47. The molecule has 0 aliphatic heterocycles. The van der Waals surface area contributed by atoms with E-state index in [9.17, 15) is 19.0 Å². The Labute approximate surface area is 495 Å². The zero-order valence-corrected chi connectivity index (χ0v) is 54.0.